The molecule has 6 nitrogen and oxygen atoms in total. The molecule has 0 saturated carbocycles. The van der Waals surface area contributed by atoms with Crippen molar-refractivity contribution in [3.05, 3.63) is 82.2 Å². The van der Waals surface area contributed by atoms with E-state index in [1.165, 1.54) is 16.2 Å². The minimum absolute atomic E-state index is 0.278. The highest BCUT2D eigenvalue weighted by Crippen LogP contribution is 2.33. The number of benzene rings is 2. The molecule has 0 atom stereocenters. The lowest BCUT2D eigenvalue weighted by molar-refractivity contribution is -0.136. The predicted molar refractivity (Wildman–Crippen MR) is 126 cm³/mol. The zero-order valence-corrected chi connectivity index (χ0v) is 18.8. The highest BCUT2D eigenvalue weighted by Gasteiger charge is 2.39. The third-order valence-corrected chi connectivity index (χ3v) is 6.04. The van der Waals surface area contributed by atoms with E-state index >= 15 is 0 Å². The third-order valence-electron chi connectivity index (χ3n) is 5.15. The minimum atomic E-state index is -0.319. The smallest absolute Gasteiger partial charge is 0.278 e. The van der Waals surface area contributed by atoms with Gasteiger partial charge in [0, 0.05) is 17.1 Å². The number of imide groups is 1. The number of ether oxygens (including phenoxy) is 2. The molecule has 164 valence electrons. The van der Waals surface area contributed by atoms with Crippen LogP contribution in [0.15, 0.2) is 71.7 Å². The molecule has 0 bridgehead atoms. The van der Waals surface area contributed by atoms with Gasteiger partial charge in [-0.25, -0.2) is 0 Å². The van der Waals surface area contributed by atoms with E-state index < -0.39 is 0 Å². The number of nitrogens with zero attached hydrogens (tertiary/aromatic N) is 1. The number of nitrogens with one attached hydrogen (secondary N) is 1. The van der Waals surface area contributed by atoms with E-state index in [0.29, 0.717) is 30.8 Å². The molecule has 0 spiro atoms. The van der Waals surface area contributed by atoms with Crippen molar-refractivity contribution in [2.45, 2.75) is 13.3 Å². The fraction of sp³-hybridized carbons (Fsp3) is 0.200. The molecule has 4 rings (SSSR count). The zero-order valence-electron chi connectivity index (χ0n) is 18.0. The number of carbonyl (C=O) groups excluding carboxylic acids is 2. The molecule has 1 N–H and O–H groups in total. The van der Waals surface area contributed by atoms with Crippen LogP contribution in [0, 0.1) is 0 Å². The van der Waals surface area contributed by atoms with E-state index in [1.807, 2.05) is 73.0 Å². The molecule has 2 heterocycles. The van der Waals surface area contributed by atoms with Crippen molar-refractivity contribution >= 4 is 34.4 Å². The standard InChI is InChI=1S/C25H24N2O4S/c1-3-31-20-12-8-18(9-13-20)26-23-22(21-5-4-16-32-21)24(28)27(25(23)29)15-14-17-6-10-19(30-2)11-7-17/h4-13,16,26H,3,14-15H2,1-2H3. The molecule has 7 heteroatoms. The van der Waals surface area contributed by atoms with Crippen LogP contribution in [0.4, 0.5) is 5.69 Å². The van der Waals surface area contributed by atoms with Crippen molar-refractivity contribution in [2.75, 3.05) is 25.6 Å². The van der Waals surface area contributed by atoms with Crippen molar-refractivity contribution in [1.29, 1.82) is 0 Å². The summed E-state index contributed by atoms with van der Waals surface area (Å²) in [6, 6.07) is 18.7. The van der Waals surface area contributed by atoms with Crippen LogP contribution in [-0.2, 0) is 16.0 Å². The summed E-state index contributed by atoms with van der Waals surface area (Å²) in [5, 5.41) is 5.07. The van der Waals surface area contributed by atoms with Crippen LogP contribution in [0.3, 0.4) is 0 Å². The van der Waals surface area contributed by atoms with E-state index in [1.54, 1.807) is 7.11 Å². The Morgan fingerprint density at radius 3 is 2.28 bits per heavy atom. The maximum absolute atomic E-state index is 13.3. The molecular weight excluding hydrogens is 424 g/mol. The summed E-state index contributed by atoms with van der Waals surface area (Å²) in [7, 11) is 1.62. The quantitative estimate of drug-likeness (QED) is 0.485. The molecule has 1 aromatic heterocycles. The van der Waals surface area contributed by atoms with Gasteiger partial charge in [0.25, 0.3) is 11.8 Å². The largest absolute Gasteiger partial charge is 0.497 e. The van der Waals surface area contributed by atoms with Gasteiger partial charge in [-0.15, -0.1) is 11.3 Å². The van der Waals surface area contributed by atoms with Crippen LogP contribution < -0.4 is 14.8 Å². The van der Waals surface area contributed by atoms with E-state index in [-0.39, 0.29) is 11.8 Å². The number of amides is 2. The summed E-state index contributed by atoms with van der Waals surface area (Å²) in [4.78, 5) is 28.6. The van der Waals surface area contributed by atoms with E-state index in [9.17, 15) is 9.59 Å². The van der Waals surface area contributed by atoms with Crippen molar-refractivity contribution < 1.29 is 19.1 Å². The molecule has 2 amide bonds. The predicted octanol–water partition coefficient (Wildman–Crippen LogP) is 4.59. The van der Waals surface area contributed by atoms with Gasteiger partial charge >= 0.3 is 0 Å². The molecule has 0 unspecified atom stereocenters. The summed E-state index contributed by atoms with van der Waals surface area (Å²) >= 11 is 1.44. The summed E-state index contributed by atoms with van der Waals surface area (Å²) in [5.74, 6) is 0.922. The minimum Gasteiger partial charge on any atom is -0.497 e. The number of rotatable bonds is 9. The Kier molecular flexibility index (Phi) is 6.56. The zero-order chi connectivity index (χ0) is 22.5. The van der Waals surface area contributed by atoms with Gasteiger partial charge in [-0.2, -0.15) is 0 Å². The van der Waals surface area contributed by atoms with Gasteiger partial charge in [0.15, 0.2) is 0 Å². The van der Waals surface area contributed by atoms with Gasteiger partial charge in [0.1, 0.15) is 17.2 Å². The average molecular weight is 449 g/mol. The molecule has 3 aromatic rings. The first kappa shape index (κ1) is 21.6. The van der Waals surface area contributed by atoms with Gasteiger partial charge in [0.05, 0.1) is 19.3 Å². The highest BCUT2D eigenvalue weighted by molar-refractivity contribution is 7.11. The molecule has 32 heavy (non-hydrogen) atoms. The molecule has 0 radical (unpaired) electrons. The van der Waals surface area contributed by atoms with Gasteiger partial charge in [-0.3, -0.25) is 14.5 Å². The Morgan fingerprint density at radius 2 is 1.66 bits per heavy atom. The monoisotopic (exact) mass is 448 g/mol. The fourth-order valence-electron chi connectivity index (χ4n) is 3.52. The number of thiophene rings is 1. The Morgan fingerprint density at radius 1 is 0.938 bits per heavy atom. The highest BCUT2D eigenvalue weighted by atomic mass is 32.1. The molecule has 0 saturated heterocycles. The van der Waals surface area contributed by atoms with Gasteiger partial charge < -0.3 is 14.8 Å². The maximum atomic E-state index is 13.3. The van der Waals surface area contributed by atoms with E-state index in [4.69, 9.17) is 9.47 Å². The van der Waals surface area contributed by atoms with Crippen LogP contribution in [0.5, 0.6) is 11.5 Å². The Labute approximate surface area is 191 Å². The topological polar surface area (TPSA) is 67.9 Å². The lowest BCUT2D eigenvalue weighted by Gasteiger charge is -2.15. The summed E-state index contributed by atoms with van der Waals surface area (Å²) < 4.78 is 10.7. The molecule has 1 aliphatic rings. The first-order chi connectivity index (χ1) is 15.6. The Hall–Kier alpha value is -3.58. The number of anilines is 1. The first-order valence-corrected chi connectivity index (χ1v) is 11.3. The van der Waals surface area contributed by atoms with E-state index in [0.717, 1.165) is 27.6 Å². The number of hydrogen-bond acceptors (Lipinski definition) is 6. The summed E-state index contributed by atoms with van der Waals surface area (Å²) in [6.45, 7) is 2.80. The van der Waals surface area contributed by atoms with Gasteiger partial charge in [-0.05, 0) is 66.8 Å². The maximum Gasteiger partial charge on any atom is 0.278 e. The first-order valence-electron chi connectivity index (χ1n) is 10.4. The van der Waals surface area contributed by atoms with Crippen LogP contribution in [0.25, 0.3) is 5.57 Å². The lowest BCUT2D eigenvalue weighted by atomic mass is 10.1. The van der Waals surface area contributed by atoms with E-state index in [2.05, 4.69) is 5.32 Å². The second-order valence-corrected chi connectivity index (χ2v) is 8.12. The fourth-order valence-corrected chi connectivity index (χ4v) is 4.29. The molecule has 1 aliphatic heterocycles. The van der Waals surface area contributed by atoms with Crippen LogP contribution in [0.2, 0.25) is 0 Å². The van der Waals surface area contributed by atoms with Crippen molar-refractivity contribution in [2.24, 2.45) is 0 Å². The van der Waals surface area contributed by atoms with Crippen molar-refractivity contribution in [3.63, 3.8) is 0 Å². The van der Waals surface area contributed by atoms with Crippen LogP contribution >= 0.6 is 11.3 Å². The van der Waals surface area contributed by atoms with Gasteiger partial charge in [0.2, 0.25) is 0 Å². The SMILES string of the molecule is CCOc1ccc(NC2=C(c3cccs3)C(=O)N(CCc3ccc(OC)cc3)C2=O)cc1. The summed E-state index contributed by atoms with van der Waals surface area (Å²) in [6.07, 6.45) is 0.565. The molecule has 0 fully saturated rings. The second kappa shape index (κ2) is 9.70. The lowest BCUT2D eigenvalue weighted by Crippen LogP contribution is -2.34. The van der Waals surface area contributed by atoms with Crippen molar-refractivity contribution in [1.82, 2.24) is 4.90 Å². The summed E-state index contributed by atoms with van der Waals surface area (Å²) in [5.41, 5.74) is 2.46. The molecular formula is C25H24N2O4S. The third kappa shape index (κ3) is 4.53. The van der Waals surface area contributed by atoms with Crippen LogP contribution in [-0.4, -0.2) is 37.0 Å². The number of hydrogen-bond donors (Lipinski definition) is 1. The van der Waals surface area contributed by atoms with Gasteiger partial charge in [-0.1, -0.05) is 18.2 Å². The molecule has 0 aliphatic carbocycles. The Balaban J connectivity index is 1.56. The molecule has 2 aromatic carbocycles. The average Bonchev–Trinajstić information content (AvgIpc) is 3.41. The van der Waals surface area contributed by atoms with Crippen molar-refractivity contribution in [3.8, 4) is 11.5 Å². The second-order valence-electron chi connectivity index (χ2n) is 7.17. The number of carbonyl (C=O) groups is 2. The Bertz CT molecular complexity index is 1120. The normalized spacial score (nSPS) is 13.6. The van der Waals surface area contributed by atoms with Crippen LogP contribution in [0.1, 0.15) is 17.4 Å². The number of methoxy groups -OCH3 is 1.